The molecule has 20 heavy (non-hydrogen) atoms. The van der Waals surface area contributed by atoms with Crippen LogP contribution in [0.15, 0.2) is 24.3 Å². The van der Waals surface area contributed by atoms with E-state index in [1.807, 2.05) is 0 Å². The number of anilines is 1. The molecule has 7 heteroatoms. The van der Waals surface area contributed by atoms with Gasteiger partial charge in [-0.3, -0.25) is 4.79 Å². The van der Waals surface area contributed by atoms with E-state index in [-0.39, 0.29) is 23.4 Å². The molecular weight excluding hydrogens is 270 g/mol. The molecule has 1 heterocycles. The van der Waals surface area contributed by atoms with Crippen LogP contribution in [-0.4, -0.2) is 38.3 Å². The van der Waals surface area contributed by atoms with Gasteiger partial charge in [-0.2, -0.15) is 8.78 Å². The number of para-hydroxylation sites is 2. The van der Waals surface area contributed by atoms with Crippen LogP contribution in [0.5, 0.6) is 5.75 Å². The predicted octanol–water partition coefficient (Wildman–Crippen LogP) is 1.60. The zero-order valence-electron chi connectivity index (χ0n) is 10.9. The second-order valence-electron chi connectivity index (χ2n) is 4.42. The minimum atomic E-state index is -2.93. The lowest BCUT2D eigenvalue weighted by Crippen LogP contribution is -2.35. The average molecular weight is 286 g/mol. The smallest absolute Gasteiger partial charge is 0.387 e. The van der Waals surface area contributed by atoms with Crippen molar-refractivity contribution in [2.24, 2.45) is 0 Å². The lowest BCUT2D eigenvalue weighted by Gasteiger charge is -2.14. The molecule has 0 saturated carbocycles. The van der Waals surface area contributed by atoms with E-state index in [2.05, 4.69) is 15.4 Å². The van der Waals surface area contributed by atoms with Gasteiger partial charge in [0.2, 0.25) is 5.91 Å². The lowest BCUT2D eigenvalue weighted by molar-refractivity contribution is -0.118. The molecule has 110 valence electrons. The maximum Gasteiger partial charge on any atom is 0.387 e. The molecule has 1 aliphatic heterocycles. The number of hydrogen-bond donors (Lipinski definition) is 2. The van der Waals surface area contributed by atoms with E-state index in [0.29, 0.717) is 13.0 Å². The Morgan fingerprint density at radius 2 is 2.20 bits per heavy atom. The Morgan fingerprint density at radius 3 is 2.85 bits per heavy atom. The molecule has 0 bridgehead atoms. The number of hydrogen-bond acceptors (Lipinski definition) is 4. The number of methoxy groups -OCH3 is 1. The number of nitrogens with one attached hydrogen (secondary N) is 2. The summed E-state index contributed by atoms with van der Waals surface area (Å²) in [7, 11) is 1.58. The van der Waals surface area contributed by atoms with Gasteiger partial charge >= 0.3 is 6.61 Å². The molecule has 1 aromatic rings. The van der Waals surface area contributed by atoms with Crippen molar-refractivity contribution < 1.29 is 23.0 Å². The Labute approximate surface area is 115 Å². The fourth-order valence-corrected chi connectivity index (χ4v) is 2.07. The zero-order valence-corrected chi connectivity index (χ0v) is 10.9. The summed E-state index contributed by atoms with van der Waals surface area (Å²) in [5.41, 5.74) is 0.223. The highest BCUT2D eigenvalue weighted by molar-refractivity contribution is 5.96. The van der Waals surface area contributed by atoms with Gasteiger partial charge in [-0.15, -0.1) is 0 Å². The quantitative estimate of drug-likeness (QED) is 0.863. The molecule has 1 aliphatic rings. The maximum absolute atomic E-state index is 12.3. The third-order valence-electron chi connectivity index (χ3n) is 3.10. The summed E-state index contributed by atoms with van der Waals surface area (Å²) in [6, 6.07) is 5.68. The Balaban J connectivity index is 2.01. The molecule has 2 unspecified atom stereocenters. The van der Waals surface area contributed by atoms with Crippen LogP contribution in [-0.2, 0) is 9.53 Å². The highest BCUT2D eigenvalue weighted by Crippen LogP contribution is 2.26. The van der Waals surface area contributed by atoms with Crippen molar-refractivity contribution in [3.63, 3.8) is 0 Å². The Bertz CT molecular complexity index is 471. The van der Waals surface area contributed by atoms with E-state index < -0.39 is 12.7 Å². The van der Waals surface area contributed by atoms with Gasteiger partial charge in [-0.05, 0) is 18.6 Å². The number of amides is 1. The van der Waals surface area contributed by atoms with Crippen LogP contribution in [0.25, 0.3) is 0 Å². The van der Waals surface area contributed by atoms with Gasteiger partial charge in [0.1, 0.15) is 5.75 Å². The minimum Gasteiger partial charge on any atom is -0.433 e. The number of ether oxygens (including phenoxy) is 2. The molecule has 5 nitrogen and oxygen atoms in total. The van der Waals surface area contributed by atoms with Crippen molar-refractivity contribution in [2.75, 3.05) is 19.0 Å². The van der Waals surface area contributed by atoms with Crippen molar-refractivity contribution in [2.45, 2.75) is 25.2 Å². The van der Waals surface area contributed by atoms with E-state index in [1.54, 1.807) is 19.2 Å². The topological polar surface area (TPSA) is 59.6 Å². The first-order valence-corrected chi connectivity index (χ1v) is 6.21. The molecule has 1 fully saturated rings. The predicted molar refractivity (Wildman–Crippen MR) is 68.9 cm³/mol. The molecule has 2 atom stereocenters. The number of rotatable bonds is 5. The highest BCUT2D eigenvalue weighted by atomic mass is 19.3. The number of carbonyl (C=O) groups excluding carboxylic acids is 1. The minimum absolute atomic E-state index is 0.0155. The Kier molecular flexibility index (Phi) is 4.86. The normalized spacial score (nSPS) is 22.0. The van der Waals surface area contributed by atoms with Crippen LogP contribution >= 0.6 is 0 Å². The molecule has 0 radical (unpaired) electrons. The number of benzene rings is 1. The summed E-state index contributed by atoms with van der Waals surface area (Å²) in [5.74, 6) is -0.355. The van der Waals surface area contributed by atoms with Gasteiger partial charge in [0.05, 0.1) is 17.8 Å². The van der Waals surface area contributed by atoms with Crippen LogP contribution in [0.1, 0.15) is 6.42 Å². The molecule has 2 rings (SSSR count). The van der Waals surface area contributed by atoms with Gasteiger partial charge in [-0.1, -0.05) is 12.1 Å². The molecule has 0 aliphatic carbocycles. The number of alkyl halides is 2. The van der Waals surface area contributed by atoms with Crippen LogP contribution in [0.4, 0.5) is 14.5 Å². The van der Waals surface area contributed by atoms with Crippen LogP contribution in [0.2, 0.25) is 0 Å². The maximum atomic E-state index is 12.3. The van der Waals surface area contributed by atoms with Crippen LogP contribution in [0.3, 0.4) is 0 Å². The van der Waals surface area contributed by atoms with Crippen LogP contribution in [0, 0.1) is 0 Å². The summed E-state index contributed by atoms with van der Waals surface area (Å²) in [6.45, 7) is -2.35. The van der Waals surface area contributed by atoms with Crippen molar-refractivity contribution in [3.8, 4) is 5.75 Å². The van der Waals surface area contributed by atoms with E-state index in [0.717, 1.165) is 0 Å². The SMILES string of the molecule is COC1CNC(C(=O)Nc2ccccc2OC(F)F)C1. The summed E-state index contributed by atoms with van der Waals surface area (Å²) >= 11 is 0. The summed E-state index contributed by atoms with van der Waals surface area (Å²) in [5, 5.41) is 5.60. The number of halogens is 2. The van der Waals surface area contributed by atoms with Gasteiger partial charge < -0.3 is 20.1 Å². The van der Waals surface area contributed by atoms with Gasteiger partial charge in [0.15, 0.2) is 0 Å². The second-order valence-corrected chi connectivity index (χ2v) is 4.42. The van der Waals surface area contributed by atoms with Gasteiger partial charge in [-0.25, -0.2) is 0 Å². The Morgan fingerprint density at radius 1 is 1.45 bits per heavy atom. The van der Waals surface area contributed by atoms with E-state index in [1.165, 1.54) is 12.1 Å². The monoisotopic (exact) mass is 286 g/mol. The van der Waals surface area contributed by atoms with Crippen molar-refractivity contribution in [1.82, 2.24) is 5.32 Å². The van der Waals surface area contributed by atoms with E-state index >= 15 is 0 Å². The van der Waals surface area contributed by atoms with Crippen molar-refractivity contribution >= 4 is 11.6 Å². The molecule has 0 spiro atoms. The van der Waals surface area contributed by atoms with Crippen LogP contribution < -0.4 is 15.4 Å². The highest BCUT2D eigenvalue weighted by Gasteiger charge is 2.29. The van der Waals surface area contributed by atoms with Gasteiger partial charge in [0.25, 0.3) is 0 Å². The lowest BCUT2D eigenvalue weighted by atomic mass is 10.2. The van der Waals surface area contributed by atoms with E-state index in [9.17, 15) is 13.6 Å². The number of carbonyl (C=O) groups is 1. The molecule has 0 aromatic heterocycles. The van der Waals surface area contributed by atoms with Crippen molar-refractivity contribution in [1.29, 1.82) is 0 Å². The first-order valence-electron chi connectivity index (χ1n) is 6.21. The average Bonchev–Trinajstić information content (AvgIpc) is 2.89. The fourth-order valence-electron chi connectivity index (χ4n) is 2.07. The molecule has 1 aromatic carbocycles. The fraction of sp³-hybridized carbons (Fsp3) is 0.462. The third-order valence-corrected chi connectivity index (χ3v) is 3.10. The third kappa shape index (κ3) is 3.64. The first-order chi connectivity index (χ1) is 9.60. The molecule has 1 saturated heterocycles. The largest absolute Gasteiger partial charge is 0.433 e. The molecule has 1 amide bonds. The molecular formula is C13H16F2N2O3. The standard InChI is InChI=1S/C13H16F2N2O3/c1-19-8-6-10(16-7-8)12(18)17-9-4-2-3-5-11(9)20-13(14)15/h2-5,8,10,13,16H,6-7H2,1H3,(H,17,18). The van der Waals surface area contributed by atoms with E-state index in [4.69, 9.17) is 4.74 Å². The van der Waals surface area contributed by atoms with Gasteiger partial charge in [0, 0.05) is 13.7 Å². The summed E-state index contributed by atoms with van der Waals surface area (Å²) in [6.07, 6.45) is 0.526. The zero-order chi connectivity index (χ0) is 14.5. The second kappa shape index (κ2) is 6.62. The summed E-state index contributed by atoms with van der Waals surface area (Å²) in [4.78, 5) is 12.0. The molecule has 2 N–H and O–H groups in total. The first kappa shape index (κ1) is 14.7. The summed E-state index contributed by atoms with van der Waals surface area (Å²) < 4.78 is 34.1. The van der Waals surface area contributed by atoms with Crippen molar-refractivity contribution in [3.05, 3.63) is 24.3 Å². The Hall–Kier alpha value is -1.73.